The highest BCUT2D eigenvalue weighted by Gasteiger charge is 2.08. The largest absolute Gasteiger partial charge is 0.483 e. The van der Waals surface area contributed by atoms with Crippen LogP contribution in [0.15, 0.2) is 53.0 Å². The molecule has 0 aliphatic heterocycles. The minimum absolute atomic E-state index is 0.113. The third kappa shape index (κ3) is 5.13. The number of benzene rings is 2. The van der Waals surface area contributed by atoms with Crippen molar-refractivity contribution in [2.24, 2.45) is 0 Å². The van der Waals surface area contributed by atoms with Crippen molar-refractivity contribution < 1.29 is 9.53 Å². The van der Waals surface area contributed by atoms with E-state index in [1.54, 1.807) is 0 Å². The Morgan fingerprint density at radius 1 is 1.23 bits per heavy atom. The molecule has 0 saturated heterocycles. The van der Waals surface area contributed by atoms with E-state index in [0.29, 0.717) is 5.75 Å². The van der Waals surface area contributed by atoms with Crippen LogP contribution in [0.3, 0.4) is 0 Å². The molecule has 6 heteroatoms. The number of halogens is 1. The van der Waals surface area contributed by atoms with E-state index in [-0.39, 0.29) is 17.6 Å². The van der Waals surface area contributed by atoms with Gasteiger partial charge in [-0.25, -0.2) is 0 Å². The Morgan fingerprint density at radius 2 is 1.95 bits per heavy atom. The molecule has 2 aromatic rings. The molecule has 2 aromatic carbocycles. The first kappa shape index (κ1) is 16.5. The maximum Gasteiger partial charge on any atom is 0.264 e. The van der Waals surface area contributed by atoms with Crippen LogP contribution in [0, 0.1) is 6.92 Å². The minimum Gasteiger partial charge on any atom is -0.483 e. The van der Waals surface area contributed by atoms with Gasteiger partial charge in [0.2, 0.25) is 0 Å². The molecule has 0 unspecified atom stereocenters. The van der Waals surface area contributed by atoms with Gasteiger partial charge in [-0.2, -0.15) is 0 Å². The molecule has 22 heavy (non-hydrogen) atoms. The maximum atomic E-state index is 11.8. The van der Waals surface area contributed by atoms with Crippen LogP contribution >= 0.6 is 28.1 Å². The minimum atomic E-state index is -0.319. The molecule has 2 rings (SSSR count). The first-order valence-electron chi connectivity index (χ1n) is 6.59. The Morgan fingerprint density at radius 3 is 2.64 bits per heavy atom. The molecule has 114 valence electrons. The Kier molecular flexibility index (Phi) is 5.91. The first-order chi connectivity index (χ1) is 10.5. The summed E-state index contributed by atoms with van der Waals surface area (Å²) in [5.74, 6) is 0.295. The third-order valence-electron chi connectivity index (χ3n) is 2.73. The number of hydrogen-bond acceptors (Lipinski definition) is 3. The monoisotopic (exact) mass is 378 g/mol. The van der Waals surface area contributed by atoms with Crippen LogP contribution in [-0.2, 0) is 4.79 Å². The predicted molar refractivity (Wildman–Crippen MR) is 95.2 cm³/mol. The second-order valence-electron chi connectivity index (χ2n) is 4.59. The summed E-state index contributed by atoms with van der Waals surface area (Å²) >= 11 is 8.48. The lowest BCUT2D eigenvalue weighted by Gasteiger charge is -2.11. The summed E-state index contributed by atoms with van der Waals surface area (Å²) in [4.78, 5) is 11.8. The fourth-order valence-electron chi connectivity index (χ4n) is 1.71. The number of hydrogen-bond donors (Lipinski definition) is 2. The van der Waals surface area contributed by atoms with Gasteiger partial charge in [-0.1, -0.05) is 24.3 Å². The quantitative estimate of drug-likeness (QED) is 0.797. The lowest BCUT2D eigenvalue weighted by atomic mass is 10.2. The summed E-state index contributed by atoms with van der Waals surface area (Å²) in [5, 5.41) is 5.73. The number of rotatable bonds is 4. The highest BCUT2D eigenvalue weighted by atomic mass is 79.9. The fraction of sp³-hybridized carbons (Fsp3) is 0.125. The number of ether oxygens (including phenoxy) is 1. The fourth-order valence-corrected chi connectivity index (χ4v) is 2.55. The van der Waals surface area contributed by atoms with E-state index in [1.807, 2.05) is 55.5 Å². The maximum absolute atomic E-state index is 11.8. The van der Waals surface area contributed by atoms with E-state index in [4.69, 9.17) is 17.0 Å². The van der Waals surface area contributed by atoms with Crippen LogP contribution in [0.4, 0.5) is 5.69 Å². The molecule has 0 atom stereocenters. The van der Waals surface area contributed by atoms with Gasteiger partial charge < -0.3 is 10.1 Å². The van der Waals surface area contributed by atoms with Crippen LogP contribution in [0.25, 0.3) is 0 Å². The molecular weight excluding hydrogens is 364 g/mol. The third-order valence-corrected chi connectivity index (χ3v) is 3.55. The van der Waals surface area contributed by atoms with Gasteiger partial charge in [0.25, 0.3) is 5.91 Å². The van der Waals surface area contributed by atoms with Crippen molar-refractivity contribution in [3.63, 3.8) is 0 Å². The molecule has 0 heterocycles. The van der Waals surface area contributed by atoms with E-state index in [9.17, 15) is 4.79 Å². The zero-order valence-corrected chi connectivity index (χ0v) is 14.3. The molecule has 0 spiro atoms. The second kappa shape index (κ2) is 7.91. The Labute approximate surface area is 143 Å². The highest BCUT2D eigenvalue weighted by Crippen LogP contribution is 2.25. The van der Waals surface area contributed by atoms with Gasteiger partial charge in [0.05, 0.1) is 4.47 Å². The number of anilines is 1. The lowest BCUT2D eigenvalue weighted by molar-refractivity contribution is -0.121. The van der Waals surface area contributed by atoms with Gasteiger partial charge >= 0.3 is 0 Å². The van der Waals surface area contributed by atoms with Crippen molar-refractivity contribution in [1.82, 2.24) is 5.32 Å². The topological polar surface area (TPSA) is 50.4 Å². The van der Waals surface area contributed by atoms with E-state index < -0.39 is 0 Å². The predicted octanol–water partition coefficient (Wildman–Crippen LogP) is 3.65. The second-order valence-corrected chi connectivity index (χ2v) is 5.85. The van der Waals surface area contributed by atoms with Crippen molar-refractivity contribution in [2.75, 3.05) is 11.9 Å². The molecule has 0 bridgehead atoms. The molecule has 1 amide bonds. The van der Waals surface area contributed by atoms with Gasteiger partial charge in [0, 0.05) is 5.69 Å². The summed E-state index contributed by atoms with van der Waals surface area (Å²) in [6, 6.07) is 15.0. The number of nitrogens with one attached hydrogen (secondary N) is 2. The van der Waals surface area contributed by atoms with Crippen LogP contribution in [0.1, 0.15) is 5.56 Å². The van der Waals surface area contributed by atoms with Crippen LogP contribution in [0.5, 0.6) is 5.75 Å². The summed E-state index contributed by atoms with van der Waals surface area (Å²) in [6.07, 6.45) is 0. The molecule has 0 aliphatic rings. The van der Waals surface area contributed by atoms with Gasteiger partial charge in [-0.3, -0.25) is 10.1 Å². The summed E-state index contributed by atoms with van der Waals surface area (Å²) in [6.45, 7) is 1.87. The van der Waals surface area contributed by atoms with Crippen LogP contribution in [0.2, 0.25) is 0 Å². The molecule has 0 aliphatic carbocycles. The summed E-state index contributed by atoms with van der Waals surface area (Å²) in [5.41, 5.74) is 1.92. The molecule has 0 radical (unpaired) electrons. The number of para-hydroxylation sites is 1. The number of carbonyl (C=O) groups is 1. The van der Waals surface area contributed by atoms with Crippen LogP contribution in [-0.4, -0.2) is 17.6 Å². The Bertz CT molecular complexity index is 677. The number of carbonyl (C=O) groups excluding carboxylic acids is 1. The van der Waals surface area contributed by atoms with Gasteiger partial charge in [-0.05, 0) is 64.9 Å². The average Bonchev–Trinajstić information content (AvgIpc) is 2.47. The summed E-state index contributed by atoms with van der Waals surface area (Å²) < 4.78 is 6.27. The van der Waals surface area contributed by atoms with Crippen molar-refractivity contribution in [3.05, 3.63) is 58.6 Å². The van der Waals surface area contributed by atoms with Gasteiger partial charge in [-0.15, -0.1) is 0 Å². The Hall–Kier alpha value is -1.92. The Balaban J connectivity index is 1.81. The van der Waals surface area contributed by atoms with E-state index in [0.717, 1.165) is 15.7 Å². The molecule has 2 N–H and O–H groups in total. The first-order valence-corrected chi connectivity index (χ1v) is 7.79. The zero-order valence-electron chi connectivity index (χ0n) is 11.9. The standard InChI is InChI=1S/C16H15BrN2O2S/c1-11-7-8-14(13(17)9-11)21-10-15(20)19-16(22)18-12-5-3-2-4-6-12/h2-9H,10H2,1H3,(H2,18,19,20,22). The van der Waals surface area contributed by atoms with E-state index in [2.05, 4.69) is 26.6 Å². The van der Waals surface area contributed by atoms with E-state index in [1.165, 1.54) is 0 Å². The summed E-state index contributed by atoms with van der Waals surface area (Å²) in [7, 11) is 0. The molecule has 0 saturated carbocycles. The number of amides is 1. The number of thiocarbonyl (C=S) groups is 1. The smallest absolute Gasteiger partial charge is 0.264 e. The average molecular weight is 379 g/mol. The van der Waals surface area contributed by atoms with Crippen molar-refractivity contribution in [1.29, 1.82) is 0 Å². The lowest BCUT2D eigenvalue weighted by Crippen LogP contribution is -2.37. The number of aryl methyl sites for hydroxylation is 1. The molecule has 0 aromatic heterocycles. The van der Waals surface area contributed by atoms with Gasteiger partial charge in [0.1, 0.15) is 5.75 Å². The van der Waals surface area contributed by atoms with Crippen molar-refractivity contribution in [2.45, 2.75) is 6.92 Å². The molecular formula is C16H15BrN2O2S. The highest BCUT2D eigenvalue weighted by molar-refractivity contribution is 9.10. The normalized spacial score (nSPS) is 9.91. The van der Waals surface area contributed by atoms with Crippen molar-refractivity contribution in [3.8, 4) is 5.75 Å². The SMILES string of the molecule is Cc1ccc(OCC(=O)NC(=S)Nc2ccccc2)c(Br)c1. The van der Waals surface area contributed by atoms with E-state index >= 15 is 0 Å². The van der Waals surface area contributed by atoms with Crippen molar-refractivity contribution >= 4 is 44.9 Å². The zero-order chi connectivity index (χ0) is 15.9. The molecule has 0 fully saturated rings. The molecule has 4 nitrogen and oxygen atoms in total. The van der Waals surface area contributed by atoms with Gasteiger partial charge in [0.15, 0.2) is 11.7 Å². The van der Waals surface area contributed by atoms with Crippen LogP contribution < -0.4 is 15.4 Å².